The Kier molecular flexibility index (Phi) is 2.83. The van der Waals surface area contributed by atoms with E-state index in [4.69, 9.17) is 10.5 Å². The summed E-state index contributed by atoms with van der Waals surface area (Å²) in [6.07, 6.45) is 2.58. The summed E-state index contributed by atoms with van der Waals surface area (Å²) in [5.74, 6) is 0.674. The molecule has 1 fully saturated rings. The maximum Gasteiger partial charge on any atom is 0.244 e. The minimum Gasteiger partial charge on any atom is -0.497 e. The minimum atomic E-state index is -0.653. The van der Waals surface area contributed by atoms with Gasteiger partial charge in [-0.25, -0.2) is 0 Å². The van der Waals surface area contributed by atoms with Gasteiger partial charge in [0.05, 0.1) is 12.6 Å². The molecule has 0 radical (unpaired) electrons. The van der Waals surface area contributed by atoms with E-state index in [1.165, 1.54) is 0 Å². The van der Waals surface area contributed by atoms with Crippen molar-refractivity contribution in [1.29, 1.82) is 0 Å². The topological polar surface area (TPSA) is 64.3 Å². The molecule has 1 aliphatic rings. The third-order valence-electron chi connectivity index (χ3n) is 3.05. The fourth-order valence-corrected chi connectivity index (χ4v) is 1.71. The number of rotatable bonds is 3. The Morgan fingerprint density at radius 2 is 2.00 bits per heavy atom. The van der Waals surface area contributed by atoms with Gasteiger partial charge in [-0.15, -0.1) is 0 Å². The van der Waals surface area contributed by atoms with Gasteiger partial charge in [-0.2, -0.15) is 0 Å². The summed E-state index contributed by atoms with van der Waals surface area (Å²) >= 11 is 0. The van der Waals surface area contributed by atoms with Gasteiger partial charge >= 0.3 is 0 Å². The number of carbonyl (C=O) groups is 1. The molecule has 86 valence electrons. The molecule has 2 rings (SSSR count). The Labute approximate surface area is 94.8 Å². The lowest BCUT2D eigenvalue weighted by Crippen LogP contribution is -2.56. The predicted molar refractivity (Wildman–Crippen MR) is 62.4 cm³/mol. The lowest BCUT2D eigenvalue weighted by atomic mass is 9.77. The highest BCUT2D eigenvalue weighted by molar-refractivity contribution is 5.98. The zero-order valence-corrected chi connectivity index (χ0v) is 9.32. The minimum absolute atomic E-state index is 0.0936. The van der Waals surface area contributed by atoms with Gasteiger partial charge in [0.2, 0.25) is 5.91 Å². The maximum absolute atomic E-state index is 11.8. The fourth-order valence-electron chi connectivity index (χ4n) is 1.71. The first kappa shape index (κ1) is 11.0. The van der Waals surface area contributed by atoms with Crippen LogP contribution in [0.4, 0.5) is 5.69 Å². The molecule has 4 heteroatoms. The molecule has 0 aromatic heterocycles. The number of carbonyl (C=O) groups excluding carboxylic acids is 1. The van der Waals surface area contributed by atoms with Gasteiger partial charge in [0.1, 0.15) is 5.75 Å². The van der Waals surface area contributed by atoms with Gasteiger partial charge in [0.15, 0.2) is 0 Å². The first-order valence-corrected chi connectivity index (χ1v) is 5.38. The third-order valence-corrected chi connectivity index (χ3v) is 3.05. The molecule has 4 nitrogen and oxygen atoms in total. The van der Waals surface area contributed by atoms with Crippen molar-refractivity contribution in [2.45, 2.75) is 24.8 Å². The van der Waals surface area contributed by atoms with Gasteiger partial charge in [0, 0.05) is 5.69 Å². The number of nitrogens with one attached hydrogen (secondary N) is 1. The molecule has 0 bridgehead atoms. The van der Waals surface area contributed by atoms with Gasteiger partial charge < -0.3 is 15.8 Å². The summed E-state index contributed by atoms with van der Waals surface area (Å²) < 4.78 is 5.04. The van der Waals surface area contributed by atoms with E-state index >= 15 is 0 Å². The predicted octanol–water partition coefficient (Wildman–Crippen LogP) is 1.52. The zero-order chi connectivity index (χ0) is 11.6. The van der Waals surface area contributed by atoms with Gasteiger partial charge in [0.25, 0.3) is 0 Å². The standard InChI is InChI=1S/C12H16N2O2/c1-16-10-5-3-9(4-6-10)14-11(15)12(13)7-2-8-12/h3-6H,2,7-8,13H2,1H3,(H,14,15). The first-order chi connectivity index (χ1) is 7.64. The normalized spacial score (nSPS) is 17.4. The number of hydrogen-bond acceptors (Lipinski definition) is 3. The molecule has 0 atom stereocenters. The van der Waals surface area contributed by atoms with E-state index < -0.39 is 5.54 Å². The third kappa shape index (κ3) is 2.02. The molecular weight excluding hydrogens is 204 g/mol. The van der Waals surface area contributed by atoms with Gasteiger partial charge in [-0.1, -0.05) is 0 Å². The van der Waals surface area contributed by atoms with Crippen molar-refractivity contribution < 1.29 is 9.53 Å². The lowest BCUT2D eigenvalue weighted by molar-refractivity contribution is -0.123. The van der Waals surface area contributed by atoms with Crippen LogP contribution in [-0.4, -0.2) is 18.6 Å². The second-order valence-electron chi connectivity index (χ2n) is 4.19. The van der Waals surface area contributed by atoms with Crippen molar-refractivity contribution in [3.05, 3.63) is 24.3 Å². The smallest absolute Gasteiger partial charge is 0.244 e. The van der Waals surface area contributed by atoms with Crippen LogP contribution in [0.1, 0.15) is 19.3 Å². The van der Waals surface area contributed by atoms with Crippen LogP contribution in [0.2, 0.25) is 0 Å². The van der Waals surface area contributed by atoms with Crippen molar-refractivity contribution >= 4 is 11.6 Å². The number of anilines is 1. The quantitative estimate of drug-likeness (QED) is 0.811. The molecule has 0 unspecified atom stereocenters. The summed E-state index contributed by atoms with van der Waals surface area (Å²) in [6, 6.07) is 7.22. The summed E-state index contributed by atoms with van der Waals surface area (Å²) in [7, 11) is 1.61. The molecular formula is C12H16N2O2. The zero-order valence-electron chi connectivity index (χ0n) is 9.32. The van der Waals surface area contributed by atoms with Crippen LogP contribution in [-0.2, 0) is 4.79 Å². The molecule has 0 spiro atoms. The molecule has 0 heterocycles. The van der Waals surface area contributed by atoms with Crippen molar-refractivity contribution in [3.8, 4) is 5.75 Å². The number of nitrogens with two attached hydrogens (primary N) is 1. The van der Waals surface area contributed by atoms with E-state index in [1.807, 2.05) is 0 Å². The average Bonchev–Trinajstić information content (AvgIpc) is 2.27. The van der Waals surface area contributed by atoms with Crippen molar-refractivity contribution in [2.75, 3.05) is 12.4 Å². The Bertz CT molecular complexity index is 383. The summed E-state index contributed by atoms with van der Waals surface area (Å²) in [5, 5.41) is 2.82. The van der Waals surface area contributed by atoms with E-state index in [1.54, 1.807) is 31.4 Å². The second kappa shape index (κ2) is 4.14. The Morgan fingerprint density at radius 3 is 2.44 bits per heavy atom. The molecule has 1 amide bonds. The molecule has 1 aromatic carbocycles. The van der Waals surface area contributed by atoms with Crippen LogP contribution >= 0.6 is 0 Å². The number of amides is 1. The van der Waals surface area contributed by atoms with E-state index in [2.05, 4.69) is 5.32 Å². The first-order valence-electron chi connectivity index (χ1n) is 5.38. The molecule has 0 aliphatic heterocycles. The number of hydrogen-bond donors (Lipinski definition) is 2. The monoisotopic (exact) mass is 220 g/mol. The van der Waals surface area contributed by atoms with Crippen LogP contribution in [0.15, 0.2) is 24.3 Å². The van der Waals surface area contributed by atoms with Gasteiger partial charge in [-0.3, -0.25) is 4.79 Å². The van der Waals surface area contributed by atoms with Crippen LogP contribution in [0.3, 0.4) is 0 Å². The van der Waals surface area contributed by atoms with Crippen LogP contribution in [0, 0.1) is 0 Å². The Morgan fingerprint density at radius 1 is 1.38 bits per heavy atom. The van der Waals surface area contributed by atoms with Crippen molar-refractivity contribution in [3.63, 3.8) is 0 Å². The number of methoxy groups -OCH3 is 1. The molecule has 1 saturated carbocycles. The highest BCUT2D eigenvalue weighted by Crippen LogP contribution is 2.30. The van der Waals surface area contributed by atoms with E-state index in [9.17, 15) is 4.79 Å². The van der Waals surface area contributed by atoms with Crippen LogP contribution in [0.5, 0.6) is 5.75 Å². The summed E-state index contributed by atoms with van der Waals surface area (Å²) in [6.45, 7) is 0. The maximum atomic E-state index is 11.8. The number of ether oxygens (including phenoxy) is 1. The largest absolute Gasteiger partial charge is 0.497 e. The van der Waals surface area contributed by atoms with E-state index in [0.29, 0.717) is 0 Å². The second-order valence-corrected chi connectivity index (χ2v) is 4.19. The average molecular weight is 220 g/mol. The highest BCUT2D eigenvalue weighted by atomic mass is 16.5. The molecule has 3 N–H and O–H groups in total. The van der Waals surface area contributed by atoms with E-state index in [-0.39, 0.29) is 5.91 Å². The molecule has 16 heavy (non-hydrogen) atoms. The summed E-state index contributed by atoms with van der Waals surface area (Å²) in [4.78, 5) is 11.8. The fraction of sp³-hybridized carbons (Fsp3) is 0.417. The molecule has 1 aliphatic carbocycles. The van der Waals surface area contributed by atoms with Crippen LogP contribution in [0.25, 0.3) is 0 Å². The summed E-state index contributed by atoms with van der Waals surface area (Å²) in [5.41, 5.74) is 6.01. The molecule has 0 saturated heterocycles. The van der Waals surface area contributed by atoms with E-state index in [0.717, 1.165) is 30.7 Å². The van der Waals surface area contributed by atoms with Crippen molar-refractivity contribution in [2.24, 2.45) is 5.73 Å². The number of benzene rings is 1. The highest BCUT2D eigenvalue weighted by Gasteiger charge is 2.39. The Balaban J connectivity index is 2.00. The Hall–Kier alpha value is -1.55. The molecule has 1 aromatic rings. The van der Waals surface area contributed by atoms with Crippen LogP contribution < -0.4 is 15.8 Å². The SMILES string of the molecule is COc1ccc(NC(=O)C2(N)CCC2)cc1. The van der Waals surface area contributed by atoms with Crippen molar-refractivity contribution in [1.82, 2.24) is 0 Å². The lowest BCUT2D eigenvalue weighted by Gasteiger charge is -2.36. The van der Waals surface area contributed by atoms with Gasteiger partial charge in [-0.05, 0) is 43.5 Å².